The van der Waals surface area contributed by atoms with Gasteiger partial charge in [-0.25, -0.2) is 0 Å². The summed E-state index contributed by atoms with van der Waals surface area (Å²) in [5.74, 6) is 0. The molecule has 0 aliphatic carbocycles. The average Bonchev–Trinajstić information content (AvgIpc) is 2.39. The van der Waals surface area contributed by atoms with Gasteiger partial charge in [0.1, 0.15) is 0 Å². The summed E-state index contributed by atoms with van der Waals surface area (Å²) in [6.07, 6.45) is 0. The topological polar surface area (TPSA) is 12.0 Å². The number of benzene rings is 2. The Kier molecular flexibility index (Phi) is 5.67. The van der Waals surface area contributed by atoms with Gasteiger partial charge in [0.2, 0.25) is 0 Å². The Hall–Kier alpha value is -0.350. The lowest BCUT2D eigenvalue weighted by atomic mass is 10.0. The van der Waals surface area contributed by atoms with Crippen molar-refractivity contribution in [2.75, 3.05) is 0 Å². The van der Waals surface area contributed by atoms with Gasteiger partial charge in [0.05, 0.1) is 0 Å². The number of hydrogen-bond acceptors (Lipinski definition) is 1. The monoisotopic (exact) mass is 415 g/mol. The minimum Gasteiger partial charge on any atom is -0.304 e. The van der Waals surface area contributed by atoms with Crippen molar-refractivity contribution in [1.82, 2.24) is 5.32 Å². The van der Waals surface area contributed by atoms with E-state index >= 15 is 0 Å². The fourth-order valence-corrected chi connectivity index (χ4v) is 3.27. The minimum absolute atomic E-state index is 0.189. The van der Waals surface area contributed by atoms with Crippen molar-refractivity contribution in [2.45, 2.75) is 25.9 Å². The highest BCUT2D eigenvalue weighted by atomic mass is 79.9. The van der Waals surface area contributed by atoms with Gasteiger partial charge >= 0.3 is 0 Å². The molecule has 0 aliphatic heterocycles. The largest absolute Gasteiger partial charge is 0.304 e. The summed E-state index contributed by atoms with van der Waals surface area (Å²) in [7, 11) is 0. The molecule has 4 heteroatoms. The van der Waals surface area contributed by atoms with E-state index in [-0.39, 0.29) is 12.1 Å². The molecule has 0 aliphatic rings. The second-order valence-corrected chi connectivity index (χ2v) is 7.07. The van der Waals surface area contributed by atoms with Gasteiger partial charge in [-0.2, -0.15) is 0 Å². The van der Waals surface area contributed by atoms with Gasteiger partial charge < -0.3 is 5.32 Å². The maximum atomic E-state index is 6.30. The van der Waals surface area contributed by atoms with Crippen LogP contribution in [0.25, 0.3) is 0 Å². The van der Waals surface area contributed by atoms with Crippen molar-refractivity contribution in [1.29, 1.82) is 0 Å². The predicted molar refractivity (Wildman–Crippen MR) is 93.3 cm³/mol. The molecule has 0 amide bonds. The summed E-state index contributed by atoms with van der Waals surface area (Å²) in [5, 5.41) is 4.36. The lowest BCUT2D eigenvalue weighted by molar-refractivity contribution is 0.495. The molecule has 0 spiro atoms. The van der Waals surface area contributed by atoms with Gasteiger partial charge in [-0.1, -0.05) is 61.7 Å². The third kappa shape index (κ3) is 4.08. The van der Waals surface area contributed by atoms with E-state index in [2.05, 4.69) is 81.4 Å². The molecule has 2 aromatic carbocycles. The van der Waals surface area contributed by atoms with E-state index in [0.29, 0.717) is 0 Å². The van der Waals surface area contributed by atoms with Gasteiger partial charge in [-0.15, -0.1) is 0 Å². The maximum Gasteiger partial charge on any atom is 0.0464 e. The Labute approximate surface area is 142 Å². The van der Waals surface area contributed by atoms with Crippen molar-refractivity contribution < 1.29 is 0 Å². The summed E-state index contributed by atoms with van der Waals surface area (Å²) >= 11 is 13.2. The smallest absolute Gasteiger partial charge is 0.0464 e. The molecule has 1 unspecified atom stereocenters. The van der Waals surface area contributed by atoms with Crippen LogP contribution in [0.1, 0.15) is 37.1 Å². The fourth-order valence-electron chi connectivity index (χ4n) is 2.17. The molecular weight excluding hydrogens is 401 g/mol. The van der Waals surface area contributed by atoms with Crippen molar-refractivity contribution in [3.63, 3.8) is 0 Å². The van der Waals surface area contributed by atoms with Crippen LogP contribution >= 0.6 is 43.5 Å². The van der Waals surface area contributed by atoms with Crippen LogP contribution in [0.3, 0.4) is 0 Å². The zero-order valence-corrected chi connectivity index (χ0v) is 15.3. The SMILES string of the molecule is CC(N[C@H](C)c1ccc(Br)cc1)c1ccc(Br)cc1Cl. The van der Waals surface area contributed by atoms with E-state index in [0.717, 1.165) is 19.5 Å². The summed E-state index contributed by atoms with van der Waals surface area (Å²) < 4.78 is 2.09. The van der Waals surface area contributed by atoms with Crippen LogP contribution in [0.5, 0.6) is 0 Å². The third-order valence-electron chi connectivity index (χ3n) is 3.30. The molecular formula is C16H16Br2ClN. The van der Waals surface area contributed by atoms with Crippen molar-refractivity contribution in [3.05, 3.63) is 67.6 Å². The molecule has 0 saturated carbocycles. The summed E-state index contributed by atoms with van der Waals surface area (Å²) in [5.41, 5.74) is 2.37. The van der Waals surface area contributed by atoms with E-state index in [9.17, 15) is 0 Å². The first-order chi connectivity index (χ1) is 9.47. The second kappa shape index (κ2) is 7.08. The van der Waals surface area contributed by atoms with Crippen molar-refractivity contribution >= 4 is 43.5 Å². The summed E-state index contributed by atoms with van der Waals surface area (Å²) in [6, 6.07) is 14.8. The van der Waals surface area contributed by atoms with Gasteiger partial charge in [0, 0.05) is 26.1 Å². The maximum absolute atomic E-state index is 6.30. The van der Waals surface area contributed by atoms with E-state index in [1.54, 1.807) is 0 Å². The highest BCUT2D eigenvalue weighted by molar-refractivity contribution is 9.10. The Bertz CT molecular complexity index is 584. The van der Waals surface area contributed by atoms with E-state index in [1.807, 2.05) is 12.1 Å². The first kappa shape index (κ1) is 16.0. The molecule has 0 fully saturated rings. The highest BCUT2D eigenvalue weighted by Gasteiger charge is 2.13. The highest BCUT2D eigenvalue weighted by Crippen LogP contribution is 2.28. The van der Waals surface area contributed by atoms with Crippen LogP contribution < -0.4 is 5.32 Å². The zero-order chi connectivity index (χ0) is 14.7. The van der Waals surface area contributed by atoms with Crippen LogP contribution in [-0.4, -0.2) is 0 Å². The third-order valence-corrected chi connectivity index (χ3v) is 4.65. The molecule has 0 bridgehead atoms. The van der Waals surface area contributed by atoms with Crippen molar-refractivity contribution in [2.24, 2.45) is 0 Å². The van der Waals surface area contributed by atoms with Gasteiger partial charge in [0.15, 0.2) is 0 Å². The zero-order valence-electron chi connectivity index (χ0n) is 11.3. The lowest BCUT2D eigenvalue weighted by Crippen LogP contribution is -2.22. The number of rotatable bonds is 4. The second-order valence-electron chi connectivity index (χ2n) is 4.83. The van der Waals surface area contributed by atoms with E-state index < -0.39 is 0 Å². The number of nitrogens with one attached hydrogen (secondary N) is 1. The molecule has 0 saturated heterocycles. The van der Waals surface area contributed by atoms with E-state index in [1.165, 1.54) is 5.56 Å². The van der Waals surface area contributed by atoms with E-state index in [4.69, 9.17) is 11.6 Å². The molecule has 20 heavy (non-hydrogen) atoms. The Balaban J connectivity index is 2.10. The first-order valence-electron chi connectivity index (χ1n) is 6.44. The van der Waals surface area contributed by atoms with Gasteiger partial charge in [-0.05, 0) is 49.2 Å². The molecule has 106 valence electrons. The molecule has 0 radical (unpaired) electrons. The molecule has 2 rings (SSSR count). The summed E-state index contributed by atoms with van der Waals surface area (Å²) in [6.45, 7) is 4.29. The molecule has 1 nitrogen and oxygen atoms in total. The van der Waals surface area contributed by atoms with Crippen LogP contribution in [0.15, 0.2) is 51.4 Å². The number of halogens is 3. The average molecular weight is 418 g/mol. The van der Waals surface area contributed by atoms with Crippen LogP contribution in [0.4, 0.5) is 0 Å². The molecule has 0 heterocycles. The summed E-state index contributed by atoms with van der Waals surface area (Å²) in [4.78, 5) is 0. The molecule has 0 aromatic heterocycles. The Morgan fingerprint density at radius 1 is 0.900 bits per heavy atom. The van der Waals surface area contributed by atoms with Crippen LogP contribution in [-0.2, 0) is 0 Å². The predicted octanol–water partition coefficient (Wildman–Crippen LogP) is 6.28. The van der Waals surface area contributed by atoms with Gasteiger partial charge in [-0.3, -0.25) is 0 Å². The van der Waals surface area contributed by atoms with Gasteiger partial charge in [0.25, 0.3) is 0 Å². The first-order valence-corrected chi connectivity index (χ1v) is 8.40. The normalized spacial score (nSPS) is 14.1. The molecule has 1 N–H and O–H groups in total. The number of hydrogen-bond donors (Lipinski definition) is 1. The quantitative estimate of drug-likeness (QED) is 0.618. The molecule has 2 atom stereocenters. The van der Waals surface area contributed by atoms with Crippen LogP contribution in [0, 0.1) is 0 Å². The Morgan fingerprint density at radius 3 is 2.10 bits per heavy atom. The molecule has 2 aromatic rings. The van der Waals surface area contributed by atoms with Crippen molar-refractivity contribution in [3.8, 4) is 0 Å². The standard InChI is InChI=1S/C16H16Br2ClN/c1-10(12-3-5-13(17)6-4-12)20-11(2)15-8-7-14(18)9-16(15)19/h3-11,20H,1-2H3/t10-,11?/m1/s1. The Morgan fingerprint density at radius 2 is 1.50 bits per heavy atom. The fraction of sp³-hybridized carbons (Fsp3) is 0.250. The lowest BCUT2D eigenvalue weighted by Gasteiger charge is -2.22. The minimum atomic E-state index is 0.189. The van der Waals surface area contributed by atoms with Crippen LogP contribution in [0.2, 0.25) is 5.02 Å².